The Bertz CT molecular complexity index is 1070. The second kappa shape index (κ2) is 6.51. The summed E-state index contributed by atoms with van der Waals surface area (Å²) in [6.45, 7) is 0. The summed E-state index contributed by atoms with van der Waals surface area (Å²) >= 11 is 6.03. The molecule has 6 nitrogen and oxygen atoms in total. The zero-order chi connectivity index (χ0) is 18.2. The summed E-state index contributed by atoms with van der Waals surface area (Å²) in [6, 6.07) is 11.9. The molecule has 0 aliphatic rings. The molecular formula is C17H15ClN2O4S. The van der Waals surface area contributed by atoms with E-state index in [1.165, 1.54) is 19.2 Å². The first kappa shape index (κ1) is 17.5. The Morgan fingerprint density at radius 2 is 1.96 bits per heavy atom. The van der Waals surface area contributed by atoms with Crippen LogP contribution in [-0.4, -0.2) is 31.5 Å². The van der Waals surface area contributed by atoms with Gasteiger partial charge in [-0.05, 0) is 36.4 Å². The zero-order valence-corrected chi connectivity index (χ0v) is 14.8. The second-order valence-corrected chi connectivity index (χ2v) is 7.71. The van der Waals surface area contributed by atoms with Crippen molar-refractivity contribution < 1.29 is 18.3 Å². The minimum atomic E-state index is -3.74. The molecule has 2 aromatic carbocycles. The van der Waals surface area contributed by atoms with Crippen LogP contribution >= 0.6 is 11.6 Å². The highest BCUT2D eigenvalue weighted by atomic mass is 35.5. The van der Waals surface area contributed by atoms with E-state index in [0.717, 1.165) is 10.9 Å². The molecule has 0 atom stereocenters. The van der Waals surface area contributed by atoms with Gasteiger partial charge in [-0.3, -0.25) is 4.79 Å². The van der Waals surface area contributed by atoms with Gasteiger partial charge in [-0.1, -0.05) is 35.9 Å². The summed E-state index contributed by atoms with van der Waals surface area (Å²) in [5.41, 5.74) is 2.48. The number of benzene rings is 2. The van der Waals surface area contributed by atoms with Gasteiger partial charge in [-0.15, -0.1) is 0 Å². The lowest BCUT2D eigenvalue weighted by molar-refractivity contribution is -0.136. The maximum atomic E-state index is 12.1. The molecule has 0 fully saturated rings. The molecule has 3 rings (SSSR count). The number of aromatic amines is 1. The number of sulfonamides is 1. The van der Waals surface area contributed by atoms with Crippen molar-refractivity contribution in [2.24, 2.45) is 0 Å². The second-order valence-electron chi connectivity index (χ2n) is 5.45. The number of nitrogens with one attached hydrogen (secondary N) is 2. The molecule has 3 N–H and O–H groups in total. The molecule has 8 heteroatoms. The lowest BCUT2D eigenvalue weighted by Crippen LogP contribution is -2.19. The van der Waals surface area contributed by atoms with Crippen LogP contribution in [0.1, 0.15) is 5.56 Å². The summed E-state index contributed by atoms with van der Waals surface area (Å²) in [5.74, 6) is -0.969. The van der Waals surface area contributed by atoms with E-state index < -0.39 is 16.0 Å². The standard InChI is InChI=1S/C17H15ClN2O4S/c1-19-25(23,24)15-8-10(6-7-13(15)18)17-12(9-16(21)22)11-4-2-3-5-14(11)20-17/h2-8,19-20H,9H2,1H3,(H,21,22). The third-order valence-electron chi connectivity index (χ3n) is 3.92. The summed E-state index contributed by atoms with van der Waals surface area (Å²) in [6.07, 6.45) is -0.184. The number of hydrogen-bond acceptors (Lipinski definition) is 3. The first-order chi connectivity index (χ1) is 11.8. The number of halogens is 1. The largest absolute Gasteiger partial charge is 0.481 e. The van der Waals surface area contributed by atoms with Gasteiger partial charge < -0.3 is 10.1 Å². The number of hydrogen-bond donors (Lipinski definition) is 3. The fourth-order valence-corrected chi connectivity index (χ4v) is 4.01. The van der Waals surface area contributed by atoms with Gasteiger partial charge in [-0.2, -0.15) is 0 Å². The molecule has 3 aromatic rings. The highest BCUT2D eigenvalue weighted by Gasteiger charge is 2.20. The van der Waals surface area contributed by atoms with Crippen LogP contribution < -0.4 is 4.72 Å². The number of aromatic nitrogens is 1. The third kappa shape index (κ3) is 3.26. The number of carboxylic acid groups (broad SMARTS) is 1. The maximum Gasteiger partial charge on any atom is 0.307 e. The molecular weight excluding hydrogens is 364 g/mol. The molecule has 1 aromatic heterocycles. The van der Waals surface area contributed by atoms with Crippen molar-refractivity contribution in [3.8, 4) is 11.3 Å². The molecule has 0 amide bonds. The Morgan fingerprint density at radius 1 is 1.24 bits per heavy atom. The average Bonchev–Trinajstić information content (AvgIpc) is 2.93. The van der Waals surface area contributed by atoms with Crippen LogP contribution in [0.3, 0.4) is 0 Å². The number of rotatable bonds is 5. The molecule has 1 heterocycles. The van der Waals surface area contributed by atoms with E-state index in [-0.39, 0.29) is 16.3 Å². The van der Waals surface area contributed by atoms with Gasteiger partial charge in [0, 0.05) is 10.9 Å². The van der Waals surface area contributed by atoms with E-state index in [1.54, 1.807) is 6.07 Å². The molecule has 0 saturated heterocycles. The Morgan fingerprint density at radius 3 is 2.64 bits per heavy atom. The van der Waals surface area contributed by atoms with E-state index >= 15 is 0 Å². The number of aliphatic carboxylic acids is 1. The number of carboxylic acids is 1. The molecule has 0 spiro atoms. The van der Waals surface area contributed by atoms with Gasteiger partial charge in [0.1, 0.15) is 4.90 Å². The van der Waals surface area contributed by atoms with Crippen LogP contribution in [0.25, 0.3) is 22.2 Å². The minimum Gasteiger partial charge on any atom is -0.481 e. The van der Waals surface area contributed by atoms with Gasteiger partial charge >= 0.3 is 5.97 Å². The zero-order valence-electron chi connectivity index (χ0n) is 13.2. The predicted molar refractivity (Wildman–Crippen MR) is 96.3 cm³/mol. The van der Waals surface area contributed by atoms with Gasteiger partial charge in [0.15, 0.2) is 0 Å². The normalized spacial score (nSPS) is 11.8. The first-order valence-corrected chi connectivity index (χ1v) is 9.24. The first-order valence-electron chi connectivity index (χ1n) is 7.38. The SMILES string of the molecule is CNS(=O)(=O)c1cc(-c2[nH]c3ccccc3c2CC(=O)O)ccc1Cl. The van der Waals surface area contributed by atoms with Gasteiger partial charge in [0.25, 0.3) is 0 Å². The van der Waals surface area contributed by atoms with Gasteiger partial charge in [0.05, 0.1) is 17.1 Å². The Hall–Kier alpha value is -2.35. The average molecular weight is 379 g/mol. The van der Waals surface area contributed by atoms with E-state index in [9.17, 15) is 18.3 Å². The van der Waals surface area contributed by atoms with Crippen molar-refractivity contribution in [3.63, 3.8) is 0 Å². The van der Waals surface area contributed by atoms with Crippen LogP contribution in [0.15, 0.2) is 47.4 Å². The lowest BCUT2D eigenvalue weighted by atomic mass is 10.0. The molecule has 0 aliphatic heterocycles. The molecule has 0 aliphatic carbocycles. The number of carbonyl (C=O) groups is 1. The fourth-order valence-electron chi connectivity index (χ4n) is 2.76. The van der Waals surface area contributed by atoms with Crippen molar-refractivity contribution >= 4 is 38.5 Å². The van der Waals surface area contributed by atoms with E-state index in [2.05, 4.69) is 9.71 Å². The summed E-state index contributed by atoms with van der Waals surface area (Å²) in [5, 5.41) is 10.1. The van der Waals surface area contributed by atoms with Crippen LogP contribution in [0.5, 0.6) is 0 Å². The van der Waals surface area contributed by atoms with Crippen molar-refractivity contribution in [2.75, 3.05) is 7.05 Å². The van der Waals surface area contributed by atoms with Gasteiger partial charge in [-0.25, -0.2) is 13.1 Å². The number of fused-ring (bicyclic) bond motifs is 1. The third-order valence-corrected chi connectivity index (χ3v) is 5.82. The minimum absolute atomic E-state index is 0.0610. The number of para-hydroxylation sites is 1. The van der Waals surface area contributed by atoms with Crippen molar-refractivity contribution in [1.82, 2.24) is 9.71 Å². The Balaban J connectivity index is 2.26. The molecule has 0 radical (unpaired) electrons. The lowest BCUT2D eigenvalue weighted by Gasteiger charge is -2.09. The Labute approximate surface area is 149 Å². The highest BCUT2D eigenvalue weighted by molar-refractivity contribution is 7.89. The smallest absolute Gasteiger partial charge is 0.307 e. The predicted octanol–water partition coefficient (Wildman–Crippen LogP) is 3.02. The summed E-state index contributed by atoms with van der Waals surface area (Å²) < 4.78 is 26.5. The molecule has 0 bridgehead atoms. The van der Waals surface area contributed by atoms with E-state index in [1.807, 2.05) is 24.3 Å². The van der Waals surface area contributed by atoms with E-state index in [4.69, 9.17) is 11.6 Å². The topological polar surface area (TPSA) is 99.3 Å². The highest BCUT2D eigenvalue weighted by Crippen LogP contribution is 2.33. The Kier molecular flexibility index (Phi) is 4.55. The van der Waals surface area contributed by atoms with Gasteiger partial charge in [0.2, 0.25) is 10.0 Å². The number of H-pyrrole nitrogens is 1. The molecule has 130 valence electrons. The summed E-state index contributed by atoms with van der Waals surface area (Å²) in [7, 11) is -2.43. The van der Waals surface area contributed by atoms with Crippen molar-refractivity contribution in [3.05, 3.63) is 53.1 Å². The van der Waals surface area contributed by atoms with Crippen LogP contribution in [0.4, 0.5) is 0 Å². The van der Waals surface area contributed by atoms with Crippen molar-refractivity contribution in [1.29, 1.82) is 0 Å². The molecule has 0 saturated carbocycles. The quantitative estimate of drug-likeness (QED) is 0.635. The van der Waals surface area contributed by atoms with Crippen molar-refractivity contribution in [2.45, 2.75) is 11.3 Å². The monoisotopic (exact) mass is 378 g/mol. The van der Waals surface area contributed by atoms with Crippen LogP contribution in [0.2, 0.25) is 5.02 Å². The van der Waals surface area contributed by atoms with E-state index in [0.29, 0.717) is 16.8 Å². The van der Waals surface area contributed by atoms with Crippen LogP contribution in [0, 0.1) is 0 Å². The fraction of sp³-hybridized carbons (Fsp3) is 0.118. The summed E-state index contributed by atoms with van der Waals surface area (Å²) in [4.78, 5) is 14.4. The van der Waals surface area contributed by atoms with Crippen LogP contribution in [-0.2, 0) is 21.2 Å². The molecule has 25 heavy (non-hydrogen) atoms. The molecule has 0 unspecified atom stereocenters. The maximum absolute atomic E-state index is 12.1.